The van der Waals surface area contributed by atoms with Gasteiger partial charge in [-0.2, -0.15) is 0 Å². The third kappa shape index (κ3) is 4.71. The first kappa shape index (κ1) is 27.0. The molecular weight excluding hydrogens is 562 g/mol. The molecule has 2 aliphatic rings. The standard InChI is InChI=1S/C30H23N3O8S/c1-3-39-29(35)25-26(17-7-5-4-6-8-17)31-30-32(27(25)18-9-11-20(38-2)12-10-18)28(34)24(42-30)14-19-13-22-23(41-16-40-22)15-21(19)33(36)37/h4-15,27H,3,16H2,1-2H3/b24-14-/t27-/m1/s1. The number of carbonyl (C=O) groups is 1. The minimum Gasteiger partial charge on any atom is -0.497 e. The van der Waals surface area contributed by atoms with E-state index in [2.05, 4.69) is 0 Å². The SMILES string of the molecule is CCOC(=O)C1=C(c2ccccc2)N=c2s/c(=C\c3cc4c(cc3[N+](=O)[O-])OCO4)c(=O)n2[C@@H]1c1ccc(OC)cc1. The smallest absolute Gasteiger partial charge is 0.338 e. The topological polar surface area (TPSA) is 131 Å². The van der Waals surface area contributed by atoms with Gasteiger partial charge in [-0.3, -0.25) is 19.5 Å². The molecule has 2 aliphatic heterocycles. The first-order valence-corrected chi connectivity index (χ1v) is 13.7. The van der Waals surface area contributed by atoms with Crippen molar-refractivity contribution in [2.24, 2.45) is 4.99 Å². The summed E-state index contributed by atoms with van der Waals surface area (Å²) in [6.45, 7) is 1.77. The number of nitro benzene ring substituents is 1. The number of hydrogen-bond acceptors (Lipinski definition) is 10. The van der Waals surface area contributed by atoms with Crippen LogP contribution < -0.4 is 29.1 Å². The molecule has 11 nitrogen and oxygen atoms in total. The summed E-state index contributed by atoms with van der Waals surface area (Å²) in [5.41, 5.74) is 1.32. The van der Waals surface area contributed by atoms with Crippen LogP contribution in [-0.2, 0) is 9.53 Å². The van der Waals surface area contributed by atoms with Gasteiger partial charge in [0.1, 0.15) is 5.75 Å². The highest BCUT2D eigenvalue weighted by Crippen LogP contribution is 2.39. The Labute approximate surface area is 242 Å². The lowest BCUT2D eigenvalue weighted by Gasteiger charge is -2.26. The molecule has 4 aromatic rings. The number of fused-ring (bicyclic) bond motifs is 2. The maximum Gasteiger partial charge on any atom is 0.338 e. The highest BCUT2D eigenvalue weighted by molar-refractivity contribution is 7.07. The lowest BCUT2D eigenvalue weighted by Crippen LogP contribution is -2.40. The average Bonchev–Trinajstić information content (AvgIpc) is 3.59. The lowest BCUT2D eigenvalue weighted by atomic mass is 9.93. The lowest BCUT2D eigenvalue weighted by molar-refractivity contribution is -0.385. The Morgan fingerprint density at radius 2 is 1.86 bits per heavy atom. The van der Waals surface area contributed by atoms with Gasteiger partial charge in [0.25, 0.3) is 11.2 Å². The number of methoxy groups -OCH3 is 1. The second-order valence-electron chi connectivity index (χ2n) is 9.23. The Kier molecular flexibility index (Phi) is 7.05. The van der Waals surface area contributed by atoms with E-state index in [1.807, 2.05) is 30.3 Å². The number of thiazole rings is 1. The summed E-state index contributed by atoms with van der Waals surface area (Å²) in [5.74, 6) is 0.589. The first-order chi connectivity index (χ1) is 20.4. The quantitative estimate of drug-likeness (QED) is 0.183. The Balaban J connectivity index is 1.63. The molecule has 3 aromatic carbocycles. The molecule has 0 radical (unpaired) electrons. The number of nitrogens with zero attached hydrogens (tertiary/aromatic N) is 3. The molecule has 0 spiro atoms. The number of esters is 1. The van der Waals surface area contributed by atoms with Crippen molar-refractivity contribution >= 4 is 34.8 Å². The van der Waals surface area contributed by atoms with Crippen molar-refractivity contribution < 1.29 is 28.7 Å². The zero-order valence-corrected chi connectivity index (χ0v) is 23.3. The molecule has 0 N–H and O–H groups in total. The number of carbonyl (C=O) groups excluding carboxylic acids is 1. The summed E-state index contributed by atoms with van der Waals surface area (Å²) >= 11 is 1.06. The van der Waals surface area contributed by atoms with Crippen LogP contribution in [-0.4, -0.2) is 36.0 Å². The van der Waals surface area contributed by atoms with Crippen LogP contribution in [0.25, 0.3) is 11.8 Å². The maximum atomic E-state index is 14.1. The van der Waals surface area contributed by atoms with Crippen LogP contribution in [0.1, 0.15) is 29.7 Å². The van der Waals surface area contributed by atoms with Crippen molar-refractivity contribution in [1.29, 1.82) is 0 Å². The molecule has 0 saturated heterocycles. The van der Waals surface area contributed by atoms with Crippen LogP contribution in [0.2, 0.25) is 0 Å². The van der Waals surface area contributed by atoms with Gasteiger partial charge in [0.2, 0.25) is 6.79 Å². The van der Waals surface area contributed by atoms with Gasteiger partial charge in [-0.1, -0.05) is 53.8 Å². The van der Waals surface area contributed by atoms with E-state index >= 15 is 0 Å². The van der Waals surface area contributed by atoms with Crippen molar-refractivity contribution in [2.45, 2.75) is 13.0 Å². The molecule has 3 heterocycles. The van der Waals surface area contributed by atoms with Gasteiger partial charge in [0, 0.05) is 5.56 Å². The second kappa shape index (κ2) is 11.0. The Bertz CT molecular complexity index is 1930. The van der Waals surface area contributed by atoms with Crippen molar-refractivity contribution in [1.82, 2.24) is 4.57 Å². The predicted octanol–water partition coefficient (Wildman–Crippen LogP) is 3.58. The van der Waals surface area contributed by atoms with E-state index in [4.69, 9.17) is 23.9 Å². The van der Waals surface area contributed by atoms with Crippen molar-refractivity contribution in [2.75, 3.05) is 20.5 Å². The van der Waals surface area contributed by atoms with Crippen LogP contribution in [0.15, 0.2) is 82.1 Å². The molecule has 0 amide bonds. The van der Waals surface area contributed by atoms with Gasteiger partial charge in [-0.05, 0) is 36.8 Å². The summed E-state index contributed by atoms with van der Waals surface area (Å²) in [4.78, 5) is 44.1. The third-order valence-corrected chi connectivity index (χ3v) is 7.79. The number of benzene rings is 3. The highest BCUT2D eigenvalue weighted by atomic mass is 32.1. The molecule has 0 bridgehead atoms. The maximum absolute atomic E-state index is 14.1. The molecule has 6 rings (SSSR count). The van der Waals surface area contributed by atoms with Crippen molar-refractivity contribution in [3.8, 4) is 17.2 Å². The number of nitro groups is 1. The number of rotatable bonds is 7. The zero-order valence-electron chi connectivity index (χ0n) is 22.4. The molecule has 1 atom stereocenters. The zero-order chi connectivity index (χ0) is 29.4. The summed E-state index contributed by atoms with van der Waals surface area (Å²) in [7, 11) is 1.55. The Morgan fingerprint density at radius 1 is 1.14 bits per heavy atom. The summed E-state index contributed by atoms with van der Waals surface area (Å²) in [6.07, 6.45) is 1.44. The molecule has 1 aromatic heterocycles. The molecule has 0 aliphatic carbocycles. The van der Waals surface area contributed by atoms with Crippen LogP contribution in [0.4, 0.5) is 5.69 Å². The fourth-order valence-electron chi connectivity index (χ4n) is 4.90. The Morgan fingerprint density at radius 3 is 2.52 bits per heavy atom. The fraction of sp³-hybridized carbons (Fsp3) is 0.167. The van der Waals surface area contributed by atoms with Gasteiger partial charge in [-0.15, -0.1) is 0 Å². The molecule has 0 fully saturated rings. The number of hydrogen-bond donors (Lipinski definition) is 0. The minimum absolute atomic E-state index is 0.0567. The van der Waals surface area contributed by atoms with Gasteiger partial charge in [0.15, 0.2) is 16.3 Å². The molecule has 212 valence electrons. The predicted molar refractivity (Wildman–Crippen MR) is 153 cm³/mol. The molecule has 42 heavy (non-hydrogen) atoms. The van der Waals surface area contributed by atoms with Crippen molar-refractivity contribution in [3.05, 3.63) is 119 Å². The van der Waals surface area contributed by atoms with E-state index in [0.29, 0.717) is 33.1 Å². The number of ether oxygens (including phenoxy) is 4. The normalized spacial score (nSPS) is 15.7. The molecule has 0 saturated carbocycles. The average molecular weight is 586 g/mol. The van der Waals surface area contributed by atoms with E-state index < -0.39 is 22.5 Å². The van der Waals surface area contributed by atoms with Crippen LogP contribution in [0, 0.1) is 10.1 Å². The third-order valence-electron chi connectivity index (χ3n) is 6.81. The van der Waals surface area contributed by atoms with Gasteiger partial charge in [-0.25, -0.2) is 9.79 Å². The van der Waals surface area contributed by atoms with E-state index in [-0.39, 0.29) is 40.5 Å². The minimum atomic E-state index is -0.893. The van der Waals surface area contributed by atoms with E-state index in [0.717, 1.165) is 11.3 Å². The van der Waals surface area contributed by atoms with Gasteiger partial charge < -0.3 is 18.9 Å². The monoisotopic (exact) mass is 585 g/mol. The van der Waals surface area contributed by atoms with E-state index in [1.54, 1.807) is 38.3 Å². The second-order valence-corrected chi connectivity index (χ2v) is 10.2. The molecule has 12 heteroatoms. The van der Waals surface area contributed by atoms with Crippen LogP contribution >= 0.6 is 11.3 Å². The van der Waals surface area contributed by atoms with E-state index in [1.165, 1.54) is 22.8 Å². The largest absolute Gasteiger partial charge is 0.497 e. The molecule has 0 unspecified atom stereocenters. The van der Waals surface area contributed by atoms with Crippen LogP contribution in [0.3, 0.4) is 0 Å². The van der Waals surface area contributed by atoms with E-state index in [9.17, 15) is 19.7 Å². The first-order valence-electron chi connectivity index (χ1n) is 12.9. The van der Waals surface area contributed by atoms with Gasteiger partial charge in [0.05, 0.1) is 52.1 Å². The highest BCUT2D eigenvalue weighted by Gasteiger charge is 2.35. The summed E-state index contributed by atoms with van der Waals surface area (Å²) in [5, 5.41) is 11.9. The van der Waals surface area contributed by atoms with Crippen LogP contribution in [0.5, 0.6) is 17.2 Å². The summed E-state index contributed by atoms with van der Waals surface area (Å²) in [6, 6.07) is 18.1. The fourth-order valence-corrected chi connectivity index (χ4v) is 5.90. The van der Waals surface area contributed by atoms with Gasteiger partial charge >= 0.3 is 5.97 Å². The summed E-state index contributed by atoms with van der Waals surface area (Å²) < 4.78 is 23.1. The van der Waals surface area contributed by atoms with Crippen molar-refractivity contribution in [3.63, 3.8) is 0 Å². The molecular formula is C30H23N3O8S. The number of aromatic nitrogens is 1. The Hall–Kier alpha value is -5.23.